The van der Waals surface area contributed by atoms with E-state index in [0.29, 0.717) is 56.3 Å². The Labute approximate surface area is 285 Å². The van der Waals surface area contributed by atoms with Gasteiger partial charge in [0.25, 0.3) is 0 Å². The molecule has 4 aliphatic heterocycles. The highest BCUT2D eigenvalue weighted by Gasteiger charge is 2.63. The SMILES string of the molecule is CC1(C)OCC(C[C@@H]2CC[C@@]3(CN(c4ccc5c(c4)OCCO5)C(=O)O3)[C@H](C(O[Si]C(C)(C)C)(c3ccccc3)c3ccccc3)O2)O1. The van der Waals surface area contributed by atoms with E-state index in [4.69, 9.17) is 32.8 Å². The first-order valence-corrected chi connectivity index (χ1v) is 17.8. The molecular formula is C38H45NO8Si. The molecule has 4 aliphatic rings. The van der Waals surface area contributed by atoms with Gasteiger partial charge in [0, 0.05) is 12.5 Å². The highest BCUT2D eigenvalue weighted by molar-refractivity contribution is 6.32. The number of hydrogen-bond acceptors (Lipinski definition) is 8. The van der Waals surface area contributed by atoms with Gasteiger partial charge >= 0.3 is 6.09 Å². The second-order valence-electron chi connectivity index (χ2n) is 14.6. The van der Waals surface area contributed by atoms with Gasteiger partial charge in [-0.1, -0.05) is 81.4 Å². The third-order valence-electron chi connectivity index (χ3n) is 9.36. The number of carbonyl (C=O) groups excluding carboxylic acids is 1. The number of ether oxygens (including phenoxy) is 6. The zero-order chi connectivity index (χ0) is 33.6. The van der Waals surface area contributed by atoms with E-state index in [1.54, 1.807) is 4.90 Å². The fourth-order valence-corrected chi connectivity index (χ4v) is 8.05. The predicted molar refractivity (Wildman–Crippen MR) is 182 cm³/mol. The molecule has 0 saturated carbocycles. The molecule has 1 unspecified atom stereocenters. The quantitative estimate of drug-likeness (QED) is 0.236. The van der Waals surface area contributed by atoms with Crippen molar-refractivity contribution in [3.05, 3.63) is 90.0 Å². The van der Waals surface area contributed by atoms with Gasteiger partial charge in [-0.15, -0.1) is 0 Å². The Kier molecular flexibility index (Phi) is 8.83. The van der Waals surface area contributed by atoms with Crippen molar-refractivity contribution in [3.63, 3.8) is 0 Å². The van der Waals surface area contributed by atoms with Crippen molar-refractivity contribution in [2.75, 3.05) is 31.3 Å². The molecule has 9 nitrogen and oxygen atoms in total. The number of carbonyl (C=O) groups is 1. The van der Waals surface area contributed by atoms with Crippen LogP contribution in [0.2, 0.25) is 5.04 Å². The number of benzene rings is 3. The number of anilines is 1. The summed E-state index contributed by atoms with van der Waals surface area (Å²) in [6.07, 6.45) is 0.484. The summed E-state index contributed by atoms with van der Waals surface area (Å²) in [5.74, 6) is 0.641. The van der Waals surface area contributed by atoms with Crippen LogP contribution in [0.4, 0.5) is 10.5 Å². The number of hydrogen-bond donors (Lipinski definition) is 0. The van der Waals surface area contributed by atoms with E-state index in [1.165, 1.54) is 0 Å². The lowest BCUT2D eigenvalue weighted by Gasteiger charge is -2.52. The summed E-state index contributed by atoms with van der Waals surface area (Å²) < 4.78 is 45.0. The van der Waals surface area contributed by atoms with E-state index >= 15 is 0 Å². The van der Waals surface area contributed by atoms with Gasteiger partial charge in [0.15, 0.2) is 22.9 Å². The highest BCUT2D eigenvalue weighted by atomic mass is 28.2. The number of nitrogens with zero attached hydrogens (tertiary/aromatic N) is 1. The molecule has 1 amide bonds. The molecule has 4 heterocycles. The first-order valence-electron chi connectivity index (χ1n) is 16.9. The van der Waals surface area contributed by atoms with Crippen molar-refractivity contribution in [1.82, 2.24) is 0 Å². The minimum atomic E-state index is -1.11. The van der Waals surface area contributed by atoms with Crippen molar-refractivity contribution in [2.24, 2.45) is 0 Å². The van der Waals surface area contributed by atoms with E-state index < -0.39 is 29.2 Å². The maximum atomic E-state index is 14.0. The molecule has 4 atom stereocenters. The zero-order valence-electron chi connectivity index (χ0n) is 28.4. The summed E-state index contributed by atoms with van der Waals surface area (Å²) in [5.41, 5.74) is 0.411. The Morgan fingerprint density at radius 2 is 1.56 bits per heavy atom. The lowest BCUT2D eigenvalue weighted by Crippen LogP contribution is -2.63. The van der Waals surface area contributed by atoms with Gasteiger partial charge in [0.05, 0.1) is 31.0 Å². The van der Waals surface area contributed by atoms with Crippen LogP contribution in [0.1, 0.15) is 65.0 Å². The van der Waals surface area contributed by atoms with Crippen molar-refractivity contribution in [1.29, 1.82) is 0 Å². The van der Waals surface area contributed by atoms with Gasteiger partial charge in [0.2, 0.25) is 9.76 Å². The lowest BCUT2D eigenvalue weighted by molar-refractivity contribution is -0.222. The van der Waals surface area contributed by atoms with Gasteiger partial charge < -0.3 is 32.8 Å². The molecule has 0 N–H and O–H groups in total. The topological polar surface area (TPSA) is 84.9 Å². The number of fused-ring (bicyclic) bond motifs is 1. The molecule has 0 aromatic heterocycles. The van der Waals surface area contributed by atoms with Gasteiger partial charge in [-0.05, 0) is 55.0 Å². The molecule has 7 rings (SSSR count). The van der Waals surface area contributed by atoms with Gasteiger partial charge in [-0.3, -0.25) is 4.90 Å². The summed E-state index contributed by atoms with van der Waals surface area (Å²) in [6.45, 7) is 12.1. The molecule has 3 saturated heterocycles. The van der Waals surface area contributed by atoms with E-state index in [2.05, 4.69) is 45.0 Å². The zero-order valence-corrected chi connectivity index (χ0v) is 29.4. The normalized spacial score (nSPS) is 26.9. The van der Waals surface area contributed by atoms with Gasteiger partial charge in [0.1, 0.15) is 24.9 Å². The van der Waals surface area contributed by atoms with Crippen LogP contribution in [0.5, 0.6) is 11.5 Å². The standard InChI is InChI=1S/C38H45NO8Si/c1-35(2,3)48-47-38(26-12-8-6-9-13-26,27-14-10-7-11-15-27)33-37(19-18-29(44-33)23-30-24-43-36(4,5)45-30)25-39(34(40)46-37)28-16-17-31-32(22-28)42-21-20-41-31/h6-17,22,29-30,33H,18-21,23-25H2,1-5H3/t29-,30?,33+,37+/m0/s1. The minimum Gasteiger partial charge on any atom is -0.486 e. The van der Waals surface area contributed by atoms with Crippen LogP contribution in [0.3, 0.4) is 0 Å². The molecule has 1 spiro atoms. The number of amides is 1. The van der Waals surface area contributed by atoms with Crippen molar-refractivity contribution >= 4 is 21.5 Å². The smallest absolute Gasteiger partial charge is 0.415 e. The molecule has 254 valence electrons. The molecule has 0 bridgehead atoms. The third kappa shape index (κ3) is 6.48. The summed E-state index contributed by atoms with van der Waals surface area (Å²) in [4.78, 5) is 15.7. The monoisotopic (exact) mass is 671 g/mol. The van der Waals surface area contributed by atoms with Crippen LogP contribution >= 0.6 is 0 Å². The van der Waals surface area contributed by atoms with E-state index in [0.717, 1.165) is 11.1 Å². The van der Waals surface area contributed by atoms with Crippen LogP contribution in [0, 0.1) is 0 Å². The fourth-order valence-electron chi connectivity index (χ4n) is 7.24. The van der Waals surface area contributed by atoms with E-state index in [1.807, 2.05) is 68.4 Å². The minimum absolute atomic E-state index is 0.111. The Morgan fingerprint density at radius 1 is 0.896 bits per heavy atom. The molecular weight excluding hydrogens is 627 g/mol. The first kappa shape index (κ1) is 33.1. The average Bonchev–Trinajstić information content (AvgIpc) is 3.60. The lowest BCUT2D eigenvalue weighted by atomic mass is 9.71. The first-order chi connectivity index (χ1) is 23.0. The summed E-state index contributed by atoms with van der Waals surface area (Å²) >= 11 is 0. The molecule has 48 heavy (non-hydrogen) atoms. The Bertz CT molecular complexity index is 1560. The molecule has 3 aromatic rings. The highest BCUT2D eigenvalue weighted by Crippen LogP contribution is 2.52. The summed E-state index contributed by atoms with van der Waals surface area (Å²) in [7, 11) is 0.113. The average molecular weight is 672 g/mol. The Balaban J connectivity index is 1.34. The van der Waals surface area contributed by atoms with Crippen molar-refractivity contribution in [3.8, 4) is 11.5 Å². The Hall–Kier alpha value is -3.41. The van der Waals surface area contributed by atoms with Crippen LogP contribution < -0.4 is 14.4 Å². The van der Waals surface area contributed by atoms with Crippen LogP contribution in [-0.2, 0) is 29.0 Å². The largest absolute Gasteiger partial charge is 0.486 e. The van der Waals surface area contributed by atoms with Crippen LogP contribution in [0.25, 0.3) is 0 Å². The van der Waals surface area contributed by atoms with E-state index in [-0.39, 0.29) is 33.6 Å². The predicted octanol–water partition coefficient (Wildman–Crippen LogP) is 7.04. The van der Waals surface area contributed by atoms with Crippen LogP contribution in [0.15, 0.2) is 78.9 Å². The Morgan fingerprint density at radius 3 is 2.19 bits per heavy atom. The van der Waals surface area contributed by atoms with Crippen LogP contribution in [-0.4, -0.2) is 71.9 Å². The van der Waals surface area contributed by atoms with E-state index in [9.17, 15) is 4.79 Å². The molecule has 2 radical (unpaired) electrons. The van der Waals surface area contributed by atoms with Crippen molar-refractivity contribution < 1.29 is 37.6 Å². The molecule has 10 heteroatoms. The molecule has 3 aromatic carbocycles. The maximum Gasteiger partial charge on any atom is 0.415 e. The summed E-state index contributed by atoms with van der Waals surface area (Å²) in [5, 5.41) is -0.139. The van der Waals surface area contributed by atoms with Gasteiger partial charge in [-0.25, -0.2) is 4.79 Å². The van der Waals surface area contributed by atoms with Crippen molar-refractivity contribution in [2.45, 2.75) is 94.2 Å². The van der Waals surface area contributed by atoms with Gasteiger partial charge in [-0.2, -0.15) is 0 Å². The molecule has 3 fully saturated rings. The number of rotatable bonds is 8. The summed E-state index contributed by atoms with van der Waals surface area (Å²) in [6, 6.07) is 26.1. The second kappa shape index (κ2) is 12.8. The maximum absolute atomic E-state index is 14.0. The second-order valence-corrected chi connectivity index (χ2v) is 16.5. The third-order valence-corrected chi connectivity index (χ3v) is 10.4. The fraction of sp³-hybridized carbons (Fsp3) is 0.500. The molecule has 0 aliphatic carbocycles.